The van der Waals surface area contributed by atoms with Gasteiger partial charge in [-0.3, -0.25) is 5.43 Å². The minimum absolute atomic E-state index is 0.151. The topological polar surface area (TPSA) is 82.3 Å². The fourth-order valence-electron chi connectivity index (χ4n) is 2.12. The van der Waals surface area contributed by atoms with Gasteiger partial charge >= 0.3 is 0 Å². The van der Waals surface area contributed by atoms with E-state index in [4.69, 9.17) is 15.3 Å². The molecular weight excluding hydrogens is 264 g/mol. The average molecular weight is 280 g/mol. The highest BCUT2D eigenvalue weighted by Crippen LogP contribution is 2.32. The van der Waals surface area contributed by atoms with Crippen molar-refractivity contribution in [3.05, 3.63) is 10.9 Å². The third kappa shape index (κ3) is 2.63. The summed E-state index contributed by atoms with van der Waals surface area (Å²) in [7, 11) is 0. The van der Waals surface area contributed by atoms with Crippen LogP contribution in [0.3, 0.4) is 0 Å². The zero-order chi connectivity index (χ0) is 13.2. The molecule has 0 bridgehead atoms. The van der Waals surface area contributed by atoms with Crippen LogP contribution >= 0.6 is 11.3 Å². The third-order valence-corrected chi connectivity index (χ3v) is 4.00. The number of fused-ring (bicyclic) bond motifs is 1. The normalized spacial score (nSPS) is 16.7. The highest BCUT2D eigenvalue weighted by atomic mass is 32.1. The molecule has 19 heavy (non-hydrogen) atoms. The zero-order valence-corrected chi connectivity index (χ0v) is 11.5. The highest BCUT2D eigenvalue weighted by Gasteiger charge is 2.19. The first kappa shape index (κ1) is 12.6. The van der Waals surface area contributed by atoms with E-state index in [1.807, 2.05) is 6.92 Å². The van der Waals surface area contributed by atoms with Crippen molar-refractivity contribution < 1.29 is 9.47 Å². The number of rotatable bonds is 3. The van der Waals surface area contributed by atoms with Gasteiger partial charge in [0.2, 0.25) is 11.8 Å². The van der Waals surface area contributed by atoms with Gasteiger partial charge in [-0.05, 0) is 13.0 Å². The van der Waals surface area contributed by atoms with Gasteiger partial charge < -0.3 is 9.47 Å². The average Bonchev–Trinajstić information content (AvgIpc) is 2.80. The molecule has 3 heterocycles. The molecule has 2 aromatic rings. The molecule has 7 heteroatoms. The van der Waals surface area contributed by atoms with Crippen LogP contribution in [0.25, 0.3) is 10.2 Å². The maximum absolute atomic E-state index is 6.00. The van der Waals surface area contributed by atoms with Crippen LogP contribution < -0.4 is 16.0 Å². The van der Waals surface area contributed by atoms with Crippen molar-refractivity contribution >= 4 is 27.5 Å². The lowest BCUT2D eigenvalue weighted by Gasteiger charge is -2.23. The summed E-state index contributed by atoms with van der Waals surface area (Å²) in [5.41, 5.74) is 2.49. The summed E-state index contributed by atoms with van der Waals surface area (Å²) in [6.45, 7) is 3.52. The van der Waals surface area contributed by atoms with E-state index in [1.165, 1.54) is 4.88 Å². The Morgan fingerprint density at radius 1 is 1.42 bits per heavy atom. The van der Waals surface area contributed by atoms with Crippen LogP contribution in [0, 0.1) is 6.92 Å². The first-order valence-corrected chi connectivity index (χ1v) is 7.07. The Morgan fingerprint density at radius 2 is 2.21 bits per heavy atom. The number of nitrogens with two attached hydrogens (primary N) is 1. The largest absolute Gasteiger partial charge is 0.474 e. The maximum atomic E-state index is 6.00. The van der Waals surface area contributed by atoms with Crippen molar-refractivity contribution in [3.63, 3.8) is 0 Å². The number of nitrogen functional groups attached to an aromatic ring is 1. The molecule has 0 aromatic carbocycles. The summed E-state index contributed by atoms with van der Waals surface area (Å²) in [6.07, 6.45) is 1.93. The zero-order valence-electron chi connectivity index (χ0n) is 10.7. The van der Waals surface area contributed by atoms with Gasteiger partial charge in [-0.15, -0.1) is 11.3 Å². The van der Waals surface area contributed by atoms with Crippen molar-refractivity contribution in [2.45, 2.75) is 25.9 Å². The van der Waals surface area contributed by atoms with Crippen LogP contribution in [0.15, 0.2) is 6.07 Å². The molecule has 1 saturated heterocycles. The number of aryl methyl sites for hydroxylation is 1. The second kappa shape index (κ2) is 5.28. The molecule has 0 spiro atoms. The SMILES string of the molecule is Cc1cc2c(OC3CCOCC3)nc(NN)nc2s1. The lowest BCUT2D eigenvalue weighted by atomic mass is 10.1. The molecular formula is C12H16N4O2S. The van der Waals surface area contributed by atoms with Crippen LogP contribution in [0.4, 0.5) is 5.95 Å². The Labute approximate surface area is 114 Å². The summed E-state index contributed by atoms with van der Waals surface area (Å²) < 4.78 is 11.3. The number of thiophene rings is 1. The molecule has 1 aliphatic heterocycles. The van der Waals surface area contributed by atoms with Gasteiger partial charge in [-0.25, -0.2) is 10.8 Å². The Bertz CT molecular complexity index is 580. The molecule has 6 nitrogen and oxygen atoms in total. The predicted molar refractivity (Wildman–Crippen MR) is 74.4 cm³/mol. The van der Waals surface area contributed by atoms with Crippen molar-refractivity contribution in [1.29, 1.82) is 0 Å². The van der Waals surface area contributed by atoms with Crippen LogP contribution in [0.1, 0.15) is 17.7 Å². The van der Waals surface area contributed by atoms with E-state index in [0.29, 0.717) is 11.8 Å². The Morgan fingerprint density at radius 3 is 2.95 bits per heavy atom. The molecule has 1 fully saturated rings. The molecule has 1 aliphatic rings. The fourth-order valence-corrected chi connectivity index (χ4v) is 2.99. The summed E-state index contributed by atoms with van der Waals surface area (Å²) in [5.74, 6) is 6.40. The van der Waals surface area contributed by atoms with Gasteiger partial charge in [0, 0.05) is 17.7 Å². The number of aromatic nitrogens is 2. The number of hydrazine groups is 1. The van der Waals surface area contributed by atoms with Crippen molar-refractivity contribution in [3.8, 4) is 5.88 Å². The van der Waals surface area contributed by atoms with Crippen molar-refractivity contribution in [2.75, 3.05) is 18.6 Å². The Balaban J connectivity index is 1.95. The van der Waals surface area contributed by atoms with E-state index in [1.54, 1.807) is 11.3 Å². The number of nitrogens with zero attached hydrogens (tertiary/aromatic N) is 2. The predicted octanol–water partition coefficient (Wildman–Crippen LogP) is 1.84. The summed E-state index contributed by atoms with van der Waals surface area (Å²) >= 11 is 1.61. The van der Waals surface area contributed by atoms with Crippen molar-refractivity contribution in [1.82, 2.24) is 9.97 Å². The second-order valence-corrected chi connectivity index (χ2v) is 5.74. The molecule has 102 valence electrons. The molecule has 3 rings (SSSR count). The first-order valence-electron chi connectivity index (χ1n) is 6.25. The quantitative estimate of drug-likeness (QED) is 0.659. The van der Waals surface area contributed by atoms with E-state index in [-0.39, 0.29) is 6.10 Å². The lowest BCUT2D eigenvalue weighted by molar-refractivity contribution is 0.0244. The van der Waals surface area contributed by atoms with E-state index in [9.17, 15) is 0 Å². The van der Waals surface area contributed by atoms with Gasteiger partial charge in [0.05, 0.1) is 18.6 Å². The minimum Gasteiger partial charge on any atom is -0.474 e. The lowest BCUT2D eigenvalue weighted by Crippen LogP contribution is -2.26. The second-order valence-electron chi connectivity index (χ2n) is 4.50. The summed E-state index contributed by atoms with van der Waals surface area (Å²) in [6, 6.07) is 2.05. The molecule has 0 atom stereocenters. The molecule has 0 aliphatic carbocycles. The molecule has 0 saturated carbocycles. The standard InChI is InChI=1S/C12H16N4O2S/c1-7-6-9-10(18-8-2-4-17-5-3-8)14-12(16-13)15-11(9)19-7/h6,8H,2-5,13H2,1H3,(H,14,15,16). The first-order chi connectivity index (χ1) is 9.26. The van der Waals surface area contributed by atoms with E-state index in [0.717, 1.165) is 36.3 Å². The van der Waals surface area contributed by atoms with Crippen LogP contribution in [-0.4, -0.2) is 29.3 Å². The van der Waals surface area contributed by atoms with Gasteiger partial charge in [-0.2, -0.15) is 4.98 Å². The van der Waals surface area contributed by atoms with Gasteiger partial charge in [0.1, 0.15) is 10.9 Å². The van der Waals surface area contributed by atoms with E-state index < -0.39 is 0 Å². The molecule has 0 radical (unpaired) electrons. The molecule has 0 unspecified atom stereocenters. The Kier molecular flexibility index (Phi) is 3.50. The van der Waals surface area contributed by atoms with Crippen molar-refractivity contribution in [2.24, 2.45) is 5.84 Å². The third-order valence-electron chi connectivity index (χ3n) is 3.06. The van der Waals surface area contributed by atoms with E-state index >= 15 is 0 Å². The maximum Gasteiger partial charge on any atom is 0.241 e. The monoisotopic (exact) mass is 280 g/mol. The minimum atomic E-state index is 0.151. The summed E-state index contributed by atoms with van der Waals surface area (Å²) in [5, 5.41) is 0.952. The highest BCUT2D eigenvalue weighted by molar-refractivity contribution is 7.18. The fraction of sp³-hybridized carbons (Fsp3) is 0.500. The smallest absolute Gasteiger partial charge is 0.241 e. The van der Waals surface area contributed by atoms with E-state index in [2.05, 4.69) is 21.5 Å². The number of hydrogen-bond donors (Lipinski definition) is 2. The molecule has 0 amide bonds. The van der Waals surface area contributed by atoms with Crippen LogP contribution in [0.5, 0.6) is 5.88 Å². The number of ether oxygens (including phenoxy) is 2. The van der Waals surface area contributed by atoms with Gasteiger partial charge in [0.15, 0.2) is 0 Å². The molecule has 3 N–H and O–H groups in total. The van der Waals surface area contributed by atoms with Gasteiger partial charge in [-0.1, -0.05) is 0 Å². The summed E-state index contributed by atoms with van der Waals surface area (Å²) in [4.78, 5) is 10.7. The van der Waals surface area contributed by atoms with Crippen LogP contribution in [-0.2, 0) is 4.74 Å². The van der Waals surface area contributed by atoms with Crippen LogP contribution in [0.2, 0.25) is 0 Å². The number of anilines is 1. The molecule has 2 aromatic heterocycles. The number of nitrogens with one attached hydrogen (secondary N) is 1. The number of hydrogen-bond acceptors (Lipinski definition) is 7. The Hall–Kier alpha value is -1.44. The van der Waals surface area contributed by atoms with Gasteiger partial charge in [0.25, 0.3) is 0 Å².